The van der Waals surface area contributed by atoms with Crippen molar-refractivity contribution in [1.82, 2.24) is 4.90 Å². The Morgan fingerprint density at radius 2 is 2.00 bits per heavy atom. The molecule has 1 aromatic carbocycles. The summed E-state index contributed by atoms with van der Waals surface area (Å²) in [5.41, 5.74) is 8.67. The van der Waals surface area contributed by atoms with E-state index in [4.69, 9.17) is 17.3 Å². The van der Waals surface area contributed by atoms with Crippen LogP contribution in [0.1, 0.15) is 31.7 Å². The number of anilines is 2. The van der Waals surface area contributed by atoms with Crippen molar-refractivity contribution < 1.29 is 0 Å². The van der Waals surface area contributed by atoms with Crippen molar-refractivity contribution in [2.75, 3.05) is 30.7 Å². The zero-order valence-corrected chi connectivity index (χ0v) is 12.6. The number of nitrogen functional groups attached to an aromatic ring is 1. The molecule has 1 heterocycles. The average Bonchev–Trinajstić information content (AvgIpc) is 2.42. The van der Waals surface area contributed by atoms with Gasteiger partial charge in [0, 0.05) is 18.3 Å². The smallest absolute Gasteiger partial charge is 0.0656 e. The minimum Gasteiger partial charge on any atom is -0.398 e. The number of hydrogen-bond acceptors (Lipinski definition) is 3. The van der Waals surface area contributed by atoms with Crippen molar-refractivity contribution in [3.8, 4) is 0 Å². The van der Waals surface area contributed by atoms with E-state index in [2.05, 4.69) is 24.1 Å². The number of hydrogen-bond donors (Lipinski definition) is 2. The monoisotopic (exact) mass is 281 g/mol. The average molecular weight is 282 g/mol. The van der Waals surface area contributed by atoms with Crippen LogP contribution in [0.15, 0.2) is 12.1 Å². The van der Waals surface area contributed by atoms with Crippen LogP contribution in [0.3, 0.4) is 0 Å². The Kier molecular flexibility index (Phi) is 4.94. The lowest BCUT2D eigenvalue weighted by molar-refractivity contribution is 0.180. The van der Waals surface area contributed by atoms with Gasteiger partial charge in [0.1, 0.15) is 0 Å². The van der Waals surface area contributed by atoms with E-state index in [1.54, 1.807) is 0 Å². The minimum absolute atomic E-state index is 0.552. The maximum Gasteiger partial charge on any atom is 0.0656 e. The van der Waals surface area contributed by atoms with Crippen molar-refractivity contribution in [2.24, 2.45) is 0 Å². The third-order valence-corrected chi connectivity index (χ3v) is 4.27. The molecule has 0 aromatic heterocycles. The number of halogens is 1. The highest BCUT2D eigenvalue weighted by atomic mass is 35.5. The first kappa shape index (κ1) is 14.5. The molecule has 0 aliphatic carbocycles. The lowest BCUT2D eigenvalue weighted by atomic mass is 10.1. The van der Waals surface area contributed by atoms with Crippen molar-refractivity contribution in [1.29, 1.82) is 0 Å². The molecule has 2 rings (SSSR count). The molecule has 0 radical (unpaired) electrons. The molecule has 1 saturated heterocycles. The molecule has 106 valence electrons. The number of benzene rings is 1. The van der Waals surface area contributed by atoms with E-state index in [1.807, 2.05) is 12.1 Å². The Morgan fingerprint density at radius 1 is 1.32 bits per heavy atom. The molecule has 0 amide bonds. The zero-order chi connectivity index (χ0) is 13.8. The second kappa shape index (κ2) is 6.49. The van der Waals surface area contributed by atoms with Gasteiger partial charge < -0.3 is 11.1 Å². The van der Waals surface area contributed by atoms with E-state index in [0.29, 0.717) is 16.8 Å². The molecule has 19 heavy (non-hydrogen) atoms. The largest absolute Gasteiger partial charge is 0.398 e. The summed E-state index contributed by atoms with van der Waals surface area (Å²) in [5, 5.41) is 4.12. The molecule has 1 aliphatic rings. The summed E-state index contributed by atoms with van der Waals surface area (Å²) in [6.07, 6.45) is 4.04. The third kappa shape index (κ3) is 3.77. The summed E-state index contributed by atoms with van der Waals surface area (Å²) in [7, 11) is 0. The Labute approximate surface area is 121 Å². The topological polar surface area (TPSA) is 41.3 Å². The quantitative estimate of drug-likeness (QED) is 0.830. The zero-order valence-electron chi connectivity index (χ0n) is 11.9. The molecule has 4 heteroatoms. The molecular formula is C15H24ClN3. The SMILES string of the molecule is Cc1cc(N)c(Cl)cc1NCC(C)N1CCCCC1. The number of aryl methyl sites for hydroxylation is 1. The van der Waals surface area contributed by atoms with Crippen molar-refractivity contribution >= 4 is 23.0 Å². The molecule has 1 atom stereocenters. The molecular weight excluding hydrogens is 258 g/mol. The van der Waals surface area contributed by atoms with Crippen LogP contribution in [0, 0.1) is 6.92 Å². The van der Waals surface area contributed by atoms with Crippen LogP contribution < -0.4 is 11.1 Å². The van der Waals surface area contributed by atoms with Crippen LogP contribution in [-0.4, -0.2) is 30.6 Å². The number of nitrogens with two attached hydrogens (primary N) is 1. The molecule has 1 aromatic rings. The van der Waals surface area contributed by atoms with Gasteiger partial charge in [-0.1, -0.05) is 18.0 Å². The van der Waals surface area contributed by atoms with E-state index >= 15 is 0 Å². The van der Waals surface area contributed by atoms with E-state index in [0.717, 1.165) is 17.8 Å². The van der Waals surface area contributed by atoms with E-state index in [1.165, 1.54) is 32.4 Å². The van der Waals surface area contributed by atoms with Gasteiger partial charge in [-0.15, -0.1) is 0 Å². The summed E-state index contributed by atoms with van der Waals surface area (Å²) in [5.74, 6) is 0. The number of nitrogens with one attached hydrogen (secondary N) is 1. The first-order valence-electron chi connectivity index (χ1n) is 7.11. The van der Waals surface area contributed by atoms with Crippen LogP contribution in [-0.2, 0) is 0 Å². The second-order valence-electron chi connectivity index (χ2n) is 5.52. The highest BCUT2D eigenvalue weighted by molar-refractivity contribution is 6.33. The van der Waals surface area contributed by atoms with Crippen LogP contribution in [0.4, 0.5) is 11.4 Å². The third-order valence-electron chi connectivity index (χ3n) is 3.95. The fraction of sp³-hybridized carbons (Fsp3) is 0.600. The molecule has 3 N–H and O–H groups in total. The molecule has 0 saturated carbocycles. The van der Waals surface area contributed by atoms with E-state index in [-0.39, 0.29) is 0 Å². The van der Waals surface area contributed by atoms with Gasteiger partial charge in [0.15, 0.2) is 0 Å². The Morgan fingerprint density at radius 3 is 2.68 bits per heavy atom. The highest BCUT2D eigenvalue weighted by Gasteiger charge is 2.16. The fourth-order valence-corrected chi connectivity index (χ4v) is 2.80. The van der Waals surface area contributed by atoms with Gasteiger partial charge in [-0.3, -0.25) is 4.90 Å². The van der Waals surface area contributed by atoms with Gasteiger partial charge in [0.25, 0.3) is 0 Å². The van der Waals surface area contributed by atoms with Crippen LogP contribution in [0.2, 0.25) is 5.02 Å². The van der Waals surface area contributed by atoms with Gasteiger partial charge in [0.05, 0.1) is 10.7 Å². The lowest BCUT2D eigenvalue weighted by Gasteiger charge is -2.32. The normalized spacial score (nSPS) is 18.3. The predicted octanol–water partition coefficient (Wildman–Crippen LogP) is 3.52. The van der Waals surface area contributed by atoms with Gasteiger partial charge in [0.2, 0.25) is 0 Å². The summed E-state index contributed by atoms with van der Waals surface area (Å²) < 4.78 is 0. The number of likely N-dealkylation sites (tertiary alicyclic amines) is 1. The first-order chi connectivity index (χ1) is 9.08. The van der Waals surface area contributed by atoms with E-state index < -0.39 is 0 Å². The van der Waals surface area contributed by atoms with Gasteiger partial charge >= 0.3 is 0 Å². The molecule has 0 spiro atoms. The summed E-state index contributed by atoms with van der Waals surface area (Å²) >= 11 is 6.07. The van der Waals surface area contributed by atoms with Crippen LogP contribution in [0.25, 0.3) is 0 Å². The Bertz CT molecular complexity index is 428. The Balaban J connectivity index is 1.92. The molecule has 1 unspecified atom stereocenters. The predicted molar refractivity (Wildman–Crippen MR) is 84.0 cm³/mol. The van der Waals surface area contributed by atoms with Crippen molar-refractivity contribution in [3.05, 3.63) is 22.7 Å². The fourth-order valence-electron chi connectivity index (χ4n) is 2.64. The summed E-state index contributed by atoms with van der Waals surface area (Å²) in [6, 6.07) is 4.40. The molecule has 1 aliphatic heterocycles. The molecule has 1 fully saturated rings. The number of rotatable bonds is 4. The van der Waals surface area contributed by atoms with Gasteiger partial charge in [-0.05, 0) is 57.5 Å². The van der Waals surface area contributed by atoms with Crippen molar-refractivity contribution in [3.63, 3.8) is 0 Å². The van der Waals surface area contributed by atoms with Crippen LogP contribution in [0.5, 0.6) is 0 Å². The van der Waals surface area contributed by atoms with Crippen LogP contribution >= 0.6 is 11.6 Å². The molecule has 3 nitrogen and oxygen atoms in total. The van der Waals surface area contributed by atoms with Crippen molar-refractivity contribution in [2.45, 2.75) is 39.2 Å². The highest BCUT2D eigenvalue weighted by Crippen LogP contribution is 2.26. The van der Waals surface area contributed by atoms with E-state index in [9.17, 15) is 0 Å². The summed E-state index contributed by atoms with van der Waals surface area (Å²) in [6.45, 7) is 7.74. The maximum absolute atomic E-state index is 6.07. The molecule has 0 bridgehead atoms. The lowest BCUT2D eigenvalue weighted by Crippen LogP contribution is -2.41. The maximum atomic E-state index is 6.07. The standard InChI is InChI=1S/C15H24ClN3/c1-11-8-14(17)13(16)9-15(11)18-10-12(2)19-6-4-3-5-7-19/h8-9,12,18H,3-7,10,17H2,1-2H3. The Hall–Kier alpha value is -0.930. The second-order valence-corrected chi connectivity index (χ2v) is 5.92. The minimum atomic E-state index is 0.552. The summed E-state index contributed by atoms with van der Waals surface area (Å²) in [4.78, 5) is 2.56. The van der Waals surface area contributed by atoms with Gasteiger partial charge in [-0.25, -0.2) is 0 Å². The first-order valence-corrected chi connectivity index (χ1v) is 7.49. The number of piperidine rings is 1. The number of nitrogens with zero attached hydrogens (tertiary/aromatic N) is 1. The van der Waals surface area contributed by atoms with Gasteiger partial charge in [-0.2, -0.15) is 0 Å².